The molecule has 1 heterocycles. The summed E-state index contributed by atoms with van der Waals surface area (Å²) in [4.78, 5) is 11.8. The van der Waals surface area contributed by atoms with Gasteiger partial charge in [-0.1, -0.05) is 0 Å². The minimum absolute atomic E-state index is 0.128. The molecule has 1 atom stereocenters. The minimum atomic E-state index is -1.17. The van der Waals surface area contributed by atoms with Gasteiger partial charge >= 0.3 is 5.97 Å². The summed E-state index contributed by atoms with van der Waals surface area (Å²) < 4.78 is 4.76. The molecule has 0 radical (unpaired) electrons. The van der Waals surface area contributed by atoms with E-state index >= 15 is 0 Å². The van der Waals surface area contributed by atoms with E-state index in [-0.39, 0.29) is 11.6 Å². The number of carbonyl (C=O) groups is 1. The fourth-order valence-corrected chi connectivity index (χ4v) is 1.88. The van der Waals surface area contributed by atoms with Crippen molar-refractivity contribution in [2.75, 3.05) is 7.11 Å². The lowest BCUT2D eigenvalue weighted by Crippen LogP contribution is -2.35. The number of hydrogen-bond acceptors (Lipinski definition) is 6. The molecule has 3 aliphatic rings. The van der Waals surface area contributed by atoms with Gasteiger partial charge in [0.2, 0.25) is 0 Å². The van der Waals surface area contributed by atoms with Crippen molar-refractivity contribution in [2.24, 2.45) is 20.5 Å². The van der Waals surface area contributed by atoms with Crippen molar-refractivity contribution >= 4 is 5.97 Å². The van der Waals surface area contributed by atoms with Crippen LogP contribution < -0.4 is 0 Å². The van der Waals surface area contributed by atoms with Crippen LogP contribution in [0.5, 0.6) is 0 Å². The molecule has 86 valence electrons. The number of methoxy groups -OCH3 is 1. The van der Waals surface area contributed by atoms with E-state index in [1.54, 1.807) is 0 Å². The normalized spacial score (nSPS) is 34.8. The number of ether oxygens (including phenoxy) is 1. The van der Waals surface area contributed by atoms with Gasteiger partial charge in [-0.2, -0.15) is 10.2 Å². The number of carbonyl (C=O) groups excluding carboxylic acids is 1. The van der Waals surface area contributed by atoms with Crippen molar-refractivity contribution in [3.8, 4) is 0 Å². The highest BCUT2D eigenvalue weighted by Crippen LogP contribution is 2.52. The molecular formula is C10H14N4O2. The van der Waals surface area contributed by atoms with Crippen LogP contribution in [0, 0.1) is 0 Å². The van der Waals surface area contributed by atoms with Crippen molar-refractivity contribution in [3.63, 3.8) is 0 Å². The maximum absolute atomic E-state index is 11.8. The first-order valence-corrected chi connectivity index (χ1v) is 5.63. The topological polar surface area (TPSA) is 75.7 Å². The first-order valence-electron chi connectivity index (χ1n) is 5.63. The molecule has 0 aromatic carbocycles. The van der Waals surface area contributed by atoms with E-state index in [1.807, 2.05) is 0 Å². The summed E-state index contributed by atoms with van der Waals surface area (Å²) in [5.41, 5.74) is -1.30. The van der Waals surface area contributed by atoms with E-state index < -0.39 is 11.6 Å². The smallest absolute Gasteiger partial charge is 0.360 e. The maximum atomic E-state index is 11.8. The molecule has 0 N–H and O–H groups in total. The number of rotatable bonds is 3. The minimum Gasteiger partial charge on any atom is -0.466 e. The number of azo groups is 2. The van der Waals surface area contributed by atoms with Crippen LogP contribution in [0.1, 0.15) is 32.1 Å². The molecule has 0 aromatic heterocycles. The number of nitrogens with zero attached hydrogens (tertiary/aromatic N) is 4. The molecule has 3 rings (SSSR count). The summed E-state index contributed by atoms with van der Waals surface area (Å²) in [6.45, 7) is 0. The lowest BCUT2D eigenvalue weighted by atomic mass is 10.0. The second kappa shape index (κ2) is 3.09. The first-order chi connectivity index (χ1) is 7.68. The van der Waals surface area contributed by atoms with Crippen LogP contribution in [0.2, 0.25) is 0 Å². The van der Waals surface area contributed by atoms with Crippen molar-refractivity contribution in [3.05, 3.63) is 0 Å². The van der Waals surface area contributed by atoms with Crippen molar-refractivity contribution < 1.29 is 9.53 Å². The van der Waals surface area contributed by atoms with E-state index in [4.69, 9.17) is 4.74 Å². The Balaban J connectivity index is 1.83. The van der Waals surface area contributed by atoms with Gasteiger partial charge in [-0.15, -0.1) is 10.2 Å². The third-order valence-electron chi connectivity index (χ3n) is 3.28. The Morgan fingerprint density at radius 1 is 1.38 bits per heavy atom. The fraction of sp³-hybridized carbons (Fsp3) is 0.900. The Morgan fingerprint density at radius 3 is 2.62 bits per heavy atom. The van der Waals surface area contributed by atoms with Crippen LogP contribution >= 0.6 is 0 Å². The summed E-state index contributed by atoms with van der Waals surface area (Å²) in [6.07, 6.45) is 4.64. The van der Waals surface area contributed by atoms with Gasteiger partial charge in [0.05, 0.1) is 18.7 Å². The lowest BCUT2D eigenvalue weighted by molar-refractivity contribution is -0.146. The fourth-order valence-electron chi connectivity index (χ4n) is 1.88. The first kappa shape index (κ1) is 9.86. The molecular weight excluding hydrogens is 208 g/mol. The summed E-state index contributed by atoms with van der Waals surface area (Å²) in [5.74, 6) is -0.440. The largest absolute Gasteiger partial charge is 0.466 e. The molecule has 0 saturated heterocycles. The second-order valence-corrected chi connectivity index (χ2v) is 4.86. The highest BCUT2D eigenvalue weighted by atomic mass is 16.5. The highest BCUT2D eigenvalue weighted by molar-refractivity contribution is 5.81. The van der Waals surface area contributed by atoms with Gasteiger partial charge in [-0.05, 0) is 25.7 Å². The molecule has 2 aliphatic carbocycles. The summed E-state index contributed by atoms with van der Waals surface area (Å²) >= 11 is 0. The van der Waals surface area contributed by atoms with Crippen LogP contribution in [-0.2, 0) is 9.53 Å². The molecule has 6 heteroatoms. The predicted molar refractivity (Wildman–Crippen MR) is 54.1 cm³/mol. The summed E-state index contributed by atoms with van der Waals surface area (Å²) in [5, 5.41) is 16.4. The van der Waals surface area contributed by atoms with E-state index in [0.717, 1.165) is 25.7 Å². The zero-order valence-corrected chi connectivity index (χ0v) is 9.22. The molecule has 0 amide bonds. The Hall–Kier alpha value is -1.33. The van der Waals surface area contributed by atoms with Crippen LogP contribution in [0.25, 0.3) is 0 Å². The van der Waals surface area contributed by atoms with Crippen LogP contribution in [0.3, 0.4) is 0 Å². The van der Waals surface area contributed by atoms with Gasteiger partial charge in [0, 0.05) is 6.42 Å². The SMILES string of the molecule is COC(=O)C1(N=NC2CC2)CC2(CC2)N=N1. The average molecular weight is 222 g/mol. The lowest BCUT2D eigenvalue weighted by Gasteiger charge is -2.15. The van der Waals surface area contributed by atoms with Crippen molar-refractivity contribution in [2.45, 2.75) is 49.3 Å². The Kier molecular flexibility index (Phi) is 1.90. The average Bonchev–Trinajstić information content (AvgIpc) is 3.17. The molecule has 1 unspecified atom stereocenters. The molecule has 6 nitrogen and oxygen atoms in total. The highest BCUT2D eigenvalue weighted by Gasteiger charge is 2.59. The molecule has 2 saturated carbocycles. The third-order valence-corrected chi connectivity index (χ3v) is 3.28. The number of hydrogen-bond donors (Lipinski definition) is 0. The zero-order chi connectivity index (χ0) is 11.2. The molecule has 16 heavy (non-hydrogen) atoms. The van der Waals surface area contributed by atoms with Crippen molar-refractivity contribution in [1.29, 1.82) is 0 Å². The molecule has 1 aliphatic heterocycles. The third kappa shape index (κ3) is 1.52. The van der Waals surface area contributed by atoms with Gasteiger partial charge in [0.1, 0.15) is 0 Å². The van der Waals surface area contributed by atoms with Crippen LogP contribution in [0.4, 0.5) is 0 Å². The van der Waals surface area contributed by atoms with Gasteiger partial charge < -0.3 is 4.74 Å². The van der Waals surface area contributed by atoms with Gasteiger partial charge in [-0.3, -0.25) is 0 Å². The van der Waals surface area contributed by atoms with Crippen LogP contribution in [0.15, 0.2) is 20.5 Å². The Morgan fingerprint density at radius 2 is 2.12 bits per heavy atom. The summed E-state index contributed by atoms with van der Waals surface area (Å²) in [6, 6.07) is 0.285. The van der Waals surface area contributed by atoms with E-state index in [2.05, 4.69) is 20.5 Å². The quantitative estimate of drug-likeness (QED) is 0.539. The predicted octanol–water partition coefficient (Wildman–Crippen LogP) is 1.86. The van der Waals surface area contributed by atoms with Crippen molar-refractivity contribution in [1.82, 2.24) is 0 Å². The Bertz CT molecular complexity index is 384. The Labute approximate surface area is 93.2 Å². The maximum Gasteiger partial charge on any atom is 0.360 e. The summed E-state index contributed by atoms with van der Waals surface area (Å²) in [7, 11) is 1.35. The molecule has 1 spiro atoms. The van der Waals surface area contributed by atoms with E-state index in [0.29, 0.717) is 6.42 Å². The van der Waals surface area contributed by atoms with Gasteiger partial charge in [-0.25, -0.2) is 4.79 Å². The standard InChI is InChI=1S/C10H14N4O2/c1-16-8(15)10(13-11-7-2-3-7)6-9(4-5-9)12-14-10/h7H,2-6H2,1H3. The molecule has 0 bridgehead atoms. The molecule has 0 aromatic rings. The number of esters is 1. The second-order valence-electron chi connectivity index (χ2n) is 4.86. The van der Waals surface area contributed by atoms with Crippen LogP contribution in [-0.4, -0.2) is 30.3 Å². The monoisotopic (exact) mass is 222 g/mol. The molecule has 2 fully saturated rings. The van der Waals surface area contributed by atoms with Gasteiger partial charge in [0.15, 0.2) is 0 Å². The zero-order valence-electron chi connectivity index (χ0n) is 9.22. The van der Waals surface area contributed by atoms with E-state index in [1.165, 1.54) is 7.11 Å². The van der Waals surface area contributed by atoms with Gasteiger partial charge in [0.25, 0.3) is 5.66 Å². The van der Waals surface area contributed by atoms with E-state index in [9.17, 15) is 4.79 Å².